The summed E-state index contributed by atoms with van der Waals surface area (Å²) in [5, 5.41) is 9.29. The predicted octanol–water partition coefficient (Wildman–Crippen LogP) is 3.94. The van der Waals surface area contributed by atoms with Crippen LogP contribution < -0.4 is 0 Å². The Kier molecular flexibility index (Phi) is 4.08. The van der Waals surface area contributed by atoms with Crippen molar-refractivity contribution >= 4 is 22.9 Å². The molecule has 3 aromatic heterocycles. The van der Waals surface area contributed by atoms with Gasteiger partial charge >= 0.3 is 0 Å². The summed E-state index contributed by atoms with van der Waals surface area (Å²) in [6.07, 6.45) is 3.40. The van der Waals surface area contributed by atoms with Crippen LogP contribution in [0.1, 0.15) is 12.3 Å². The molecule has 7 heteroatoms. The largest absolute Gasteiger partial charge is 0.461 e. The first-order valence-corrected chi connectivity index (χ1v) is 8.70. The van der Waals surface area contributed by atoms with E-state index in [-0.39, 0.29) is 0 Å². The van der Waals surface area contributed by atoms with E-state index in [9.17, 15) is 0 Å². The summed E-state index contributed by atoms with van der Waals surface area (Å²) in [6, 6.07) is 11.6. The van der Waals surface area contributed by atoms with Crippen molar-refractivity contribution in [3.05, 3.63) is 48.6 Å². The van der Waals surface area contributed by atoms with Crippen LogP contribution in [-0.2, 0) is 13.5 Å². The Hall–Kier alpha value is -2.54. The zero-order chi connectivity index (χ0) is 16.4. The summed E-state index contributed by atoms with van der Waals surface area (Å²) in [4.78, 5) is 4.49. The SMILES string of the molecule is Cn1c(SCCCc2nc3ccccc3o2)nnc1-c1ccco1. The number of oxazole rings is 1. The molecule has 0 saturated carbocycles. The molecule has 4 rings (SSSR count). The number of hydrogen-bond acceptors (Lipinski definition) is 6. The van der Waals surface area contributed by atoms with E-state index in [1.165, 1.54) is 0 Å². The van der Waals surface area contributed by atoms with Crippen LogP contribution >= 0.6 is 11.8 Å². The fraction of sp³-hybridized carbons (Fsp3) is 0.235. The van der Waals surface area contributed by atoms with Crippen LogP contribution in [0.15, 0.2) is 56.7 Å². The molecule has 4 aromatic rings. The topological polar surface area (TPSA) is 69.9 Å². The lowest BCUT2D eigenvalue weighted by atomic mass is 10.3. The standard InChI is InChI=1S/C17H16N4O2S/c1-21-16(14-8-4-10-22-14)19-20-17(21)24-11-5-9-15-18-12-6-2-3-7-13(12)23-15/h2-4,6-8,10H,5,9,11H2,1H3. The zero-order valence-electron chi connectivity index (χ0n) is 13.2. The molecule has 0 saturated heterocycles. The van der Waals surface area contributed by atoms with Crippen molar-refractivity contribution in [2.75, 3.05) is 5.75 Å². The van der Waals surface area contributed by atoms with Gasteiger partial charge < -0.3 is 13.4 Å². The Morgan fingerprint density at radius 3 is 2.88 bits per heavy atom. The van der Waals surface area contributed by atoms with Gasteiger partial charge in [-0.1, -0.05) is 23.9 Å². The van der Waals surface area contributed by atoms with Gasteiger partial charge in [0.05, 0.1) is 6.26 Å². The lowest BCUT2D eigenvalue weighted by Gasteiger charge is -2.01. The molecule has 0 N–H and O–H groups in total. The average molecular weight is 340 g/mol. The Labute approximate surface area is 142 Å². The van der Waals surface area contributed by atoms with Gasteiger partial charge in [-0.25, -0.2) is 4.98 Å². The third kappa shape index (κ3) is 2.94. The van der Waals surface area contributed by atoms with E-state index in [4.69, 9.17) is 8.83 Å². The van der Waals surface area contributed by atoms with Gasteiger partial charge in [0.2, 0.25) is 0 Å². The van der Waals surface area contributed by atoms with Gasteiger partial charge in [-0.05, 0) is 30.7 Å². The van der Waals surface area contributed by atoms with Crippen LogP contribution in [0.2, 0.25) is 0 Å². The summed E-state index contributed by atoms with van der Waals surface area (Å²) in [7, 11) is 1.95. The average Bonchev–Trinajstić information content (AvgIpc) is 3.31. The second kappa shape index (κ2) is 6.52. The second-order valence-corrected chi connectivity index (χ2v) is 6.43. The zero-order valence-corrected chi connectivity index (χ0v) is 14.0. The van der Waals surface area contributed by atoms with Crippen LogP contribution in [-0.4, -0.2) is 25.5 Å². The van der Waals surface area contributed by atoms with Gasteiger partial charge in [0, 0.05) is 19.2 Å². The fourth-order valence-corrected chi connectivity index (χ4v) is 3.32. The third-order valence-corrected chi connectivity index (χ3v) is 4.79. The highest BCUT2D eigenvalue weighted by molar-refractivity contribution is 7.99. The molecule has 0 atom stereocenters. The molecule has 0 bridgehead atoms. The second-order valence-electron chi connectivity index (χ2n) is 5.37. The van der Waals surface area contributed by atoms with Gasteiger partial charge in [-0.15, -0.1) is 10.2 Å². The number of benzene rings is 1. The first-order valence-electron chi connectivity index (χ1n) is 7.72. The quantitative estimate of drug-likeness (QED) is 0.391. The highest BCUT2D eigenvalue weighted by Crippen LogP contribution is 2.24. The van der Waals surface area contributed by atoms with E-state index in [1.807, 2.05) is 48.0 Å². The molecule has 0 aliphatic rings. The third-order valence-electron chi connectivity index (χ3n) is 3.68. The van der Waals surface area contributed by atoms with Crippen LogP contribution in [0.4, 0.5) is 0 Å². The van der Waals surface area contributed by atoms with Crippen molar-refractivity contribution in [1.29, 1.82) is 0 Å². The fourth-order valence-electron chi connectivity index (χ4n) is 2.47. The Balaban J connectivity index is 1.34. The highest BCUT2D eigenvalue weighted by Gasteiger charge is 2.13. The van der Waals surface area contributed by atoms with Crippen molar-refractivity contribution in [2.45, 2.75) is 18.0 Å². The van der Waals surface area contributed by atoms with E-state index in [0.29, 0.717) is 0 Å². The van der Waals surface area contributed by atoms with Crippen molar-refractivity contribution in [2.24, 2.45) is 7.05 Å². The maximum absolute atomic E-state index is 5.73. The number of fused-ring (bicyclic) bond motifs is 1. The van der Waals surface area contributed by atoms with Crippen LogP contribution in [0.5, 0.6) is 0 Å². The number of hydrogen-bond donors (Lipinski definition) is 0. The predicted molar refractivity (Wildman–Crippen MR) is 91.8 cm³/mol. The van der Waals surface area contributed by atoms with E-state index in [1.54, 1.807) is 18.0 Å². The molecule has 3 heterocycles. The van der Waals surface area contributed by atoms with E-state index < -0.39 is 0 Å². The number of furan rings is 1. The first-order chi connectivity index (χ1) is 11.8. The Morgan fingerprint density at radius 2 is 2.04 bits per heavy atom. The number of nitrogens with zero attached hydrogens (tertiary/aromatic N) is 4. The van der Waals surface area contributed by atoms with Crippen molar-refractivity contribution in [3.63, 3.8) is 0 Å². The molecular formula is C17H16N4O2S. The van der Waals surface area contributed by atoms with Crippen LogP contribution in [0.25, 0.3) is 22.7 Å². The number of rotatable bonds is 6. The molecular weight excluding hydrogens is 324 g/mol. The van der Waals surface area contributed by atoms with Crippen molar-refractivity contribution in [3.8, 4) is 11.6 Å². The maximum atomic E-state index is 5.73. The number of aryl methyl sites for hydroxylation is 1. The molecule has 0 aliphatic carbocycles. The molecule has 24 heavy (non-hydrogen) atoms. The summed E-state index contributed by atoms with van der Waals surface area (Å²) in [6.45, 7) is 0. The molecule has 0 aliphatic heterocycles. The molecule has 0 unspecified atom stereocenters. The Bertz CT molecular complexity index is 910. The summed E-state index contributed by atoms with van der Waals surface area (Å²) in [5.41, 5.74) is 1.76. The molecule has 0 radical (unpaired) electrons. The molecule has 1 aromatic carbocycles. The molecule has 122 valence electrons. The number of aromatic nitrogens is 4. The van der Waals surface area contributed by atoms with Crippen LogP contribution in [0.3, 0.4) is 0 Å². The van der Waals surface area contributed by atoms with E-state index >= 15 is 0 Å². The minimum Gasteiger partial charge on any atom is -0.461 e. The molecule has 0 spiro atoms. The van der Waals surface area contributed by atoms with Crippen LogP contribution in [0, 0.1) is 0 Å². The van der Waals surface area contributed by atoms with E-state index in [2.05, 4.69) is 15.2 Å². The normalized spacial score (nSPS) is 11.4. The summed E-state index contributed by atoms with van der Waals surface area (Å²) >= 11 is 1.67. The maximum Gasteiger partial charge on any atom is 0.200 e. The van der Waals surface area contributed by atoms with Crippen molar-refractivity contribution < 1.29 is 8.83 Å². The van der Waals surface area contributed by atoms with Crippen molar-refractivity contribution in [1.82, 2.24) is 19.7 Å². The summed E-state index contributed by atoms with van der Waals surface area (Å²) < 4.78 is 13.1. The highest BCUT2D eigenvalue weighted by atomic mass is 32.2. The van der Waals surface area contributed by atoms with Gasteiger partial charge in [0.1, 0.15) is 5.52 Å². The lowest BCUT2D eigenvalue weighted by Crippen LogP contribution is -1.95. The molecule has 6 nitrogen and oxygen atoms in total. The Morgan fingerprint density at radius 1 is 1.12 bits per heavy atom. The van der Waals surface area contributed by atoms with E-state index in [0.717, 1.165) is 52.3 Å². The first kappa shape index (κ1) is 15.0. The van der Waals surface area contributed by atoms with Gasteiger partial charge in [-0.3, -0.25) is 0 Å². The molecule has 0 amide bonds. The van der Waals surface area contributed by atoms with Gasteiger partial charge in [0.25, 0.3) is 0 Å². The number of para-hydroxylation sites is 2. The number of thioether (sulfide) groups is 1. The van der Waals surface area contributed by atoms with Gasteiger partial charge in [-0.2, -0.15) is 0 Å². The molecule has 0 fully saturated rings. The van der Waals surface area contributed by atoms with Gasteiger partial charge in [0.15, 0.2) is 28.2 Å². The monoisotopic (exact) mass is 340 g/mol. The smallest absolute Gasteiger partial charge is 0.200 e. The lowest BCUT2D eigenvalue weighted by molar-refractivity contribution is 0.526. The minimum atomic E-state index is 0.725. The minimum absolute atomic E-state index is 0.725. The summed E-state index contributed by atoms with van der Waals surface area (Å²) in [5.74, 6) is 3.17.